The van der Waals surface area contributed by atoms with Crippen LogP contribution in [0.2, 0.25) is 10.0 Å². The number of H-pyrrole nitrogens is 2. The normalized spacial score (nSPS) is 11.2. The first-order valence-electron chi connectivity index (χ1n) is 6.51. The molecule has 0 fully saturated rings. The van der Waals surface area contributed by atoms with Crippen molar-refractivity contribution in [3.8, 4) is 17.0 Å². The van der Waals surface area contributed by atoms with E-state index in [0.29, 0.717) is 27.0 Å². The smallest absolute Gasteiger partial charge is 0.292 e. The molecule has 0 saturated heterocycles. The Bertz CT molecular complexity index is 909. The van der Waals surface area contributed by atoms with Gasteiger partial charge in [0.25, 0.3) is 5.56 Å². The van der Waals surface area contributed by atoms with E-state index in [-0.39, 0.29) is 11.4 Å². The number of nitrogens with one attached hydrogen (secondary N) is 2. The van der Waals surface area contributed by atoms with Crippen LogP contribution in [0.5, 0.6) is 5.75 Å². The van der Waals surface area contributed by atoms with Gasteiger partial charge in [0.05, 0.1) is 11.4 Å². The van der Waals surface area contributed by atoms with Crippen molar-refractivity contribution in [1.82, 2.24) is 10.2 Å². The Morgan fingerprint density at radius 1 is 0.913 bits per heavy atom. The van der Waals surface area contributed by atoms with E-state index in [1.54, 1.807) is 30.3 Å². The minimum Gasteiger partial charge on any atom is -0.508 e. The van der Waals surface area contributed by atoms with Gasteiger partial charge in [-0.05, 0) is 42.5 Å². The molecule has 116 valence electrons. The lowest BCUT2D eigenvalue weighted by molar-refractivity contribution is 0.475. The molecule has 2 aromatic carbocycles. The molecule has 1 aromatic heterocycles. The van der Waals surface area contributed by atoms with Crippen molar-refractivity contribution in [3.63, 3.8) is 0 Å². The zero-order valence-electron chi connectivity index (χ0n) is 11.5. The largest absolute Gasteiger partial charge is 0.508 e. The standard InChI is InChI=1S/C15H10Cl2N4O2/c16-9-5-10(17)7-11(6-9)18-20-14-13(19-21-15(14)23)8-1-3-12(22)4-2-8/h1-7,22H,(H2,19,21,23). The molecule has 1 heterocycles. The van der Waals surface area contributed by atoms with Gasteiger partial charge < -0.3 is 5.11 Å². The Morgan fingerprint density at radius 3 is 2.22 bits per heavy atom. The third-order valence-corrected chi connectivity index (χ3v) is 3.46. The summed E-state index contributed by atoms with van der Waals surface area (Å²) in [5.41, 5.74) is 1.28. The molecule has 0 aliphatic heterocycles. The molecule has 3 rings (SSSR count). The number of aromatic amines is 2. The predicted molar refractivity (Wildman–Crippen MR) is 89.2 cm³/mol. The van der Waals surface area contributed by atoms with Crippen molar-refractivity contribution >= 4 is 34.6 Å². The van der Waals surface area contributed by atoms with Crippen LogP contribution < -0.4 is 5.56 Å². The summed E-state index contributed by atoms with van der Waals surface area (Å²) < 4.78 is 0. The monoisotopic (exact) mass is 348 g/mol. The number of aromatic nitrogens is 2. The number of benzene rings is 2. The molecule has 0 bridgehead atoms. The number of azo groups is 1. The van der Waals surface area contributed by atoms with Crippen LogP contribution in [0.25, 0.3) is 11.3 Å². The highest BCUT2D eigenvalue weighted by molar-refractivity contribution is 6.35. The molecule has 0 aliphatic rings. The van der Waals surface area contributed by atoms with Crippen molar-refractivity contribution in [2.75, 3.05) is 0 Å². The third kappa shape index (κ3) is 3.44. The van der Waals surface area contributed by atoms with Gasteiger partial charge in [-0.25, -0.2) is 0 Å². The van der Waals surface area contributed by atoms with Gasteiger partial charge in [0.2, 0.25) is 0 Å². The molecular weight excluding hydrogens is 339 g/mol. The minimum absolute atomic E-state index is 0.117. The molecule has 0 radical (unpaired) electrons. The number of halogens is 2. The number of hydrogen-bond acceptors (Lipinski definition) is 4. The second-order valence-electron chi connectivity index (χ2n) is 4.68. The maximum Gasteiger partial charge on any atom is 0.292 e. The summed E-state index contributed by atoms with van der Waals surface area (Å²) in [5, 5.41) is 23.4. The van der Waals surface area contributed by atoms with Crippen LogP contribution >= 0.6 is 23.2 Å². The number of rotatable bonds is 3. The van der Waals surface area contributed by atoms with Crippen molar-refractivity contribution < 1.29 is 5.11 Å². The van der Waals surface area contributed by atoms with Crippen molar-refractivity contribution in [2.24, 2.45) is 10.2 Å². The van der Waals surface area contributed by atoms with Crippen LogP contribution in [-0.4, -0.2) is 15.3 Å². The fourth-order valence-electron chi connectivity index (χ4n) is 1.99. The fourth-order valence-corrected chi connectivity index (χ4v) is 2.50. The average molecular weight is 349 g/mol. The van der Waals surface area contributed by atoms with Crippen LogP contribution in [0.15, 0.2) is 57.5 Å². The zero-order chi connectivity index (χ0) is 16.4. The Hall–Kier alpha value is -2.57. The van der Waals surface area contributed by atoms with Gasteiger partial charge in [0.1, 0.15) is 5.75 Å². The summed E-state index contributed by atoms with van der Waals surface area (Å²) >= 11 is 11.8. The molecule has 3 aromatic rings. The topological polar surface area (TPSA) is 93.6 Å². The lowest BCUT2D eigenvalue weighted by Crippen LogP contribution is -1.96. The fraction of sp³-hybridized carbons (Fsp3) is 0. The van der Waals surface area contributed by atoms with Gasteiger partial charge in [0.15, 0.2) is 5.69 Å². The lowest BCUT2D eigenvalue weighted by atomic mass is 10.1. The summed E-state index contributed by atoms with van der Waals surface area (Å²) in [4.78, 5) is 11.9. The molecule has 0 spiro atoms. The average Bonchev–Trinajstić information content (AvgIpc) is 2.86. The molecule has 0 unspecified atom stereocenters. The summed E-state index contributed by atoms with van der Waals surface area (Å²) in [6.07, 6.45) is 0. The van der Waals surface area contributed by atoms with Gasteiger partial charge in [-0.15, -0.1) is 5.11 Å². The highest BCUT2D eigenvalue weighted by atomic mass is 35.5. The second-order valence-corrected chi connectivity index (χ2v) is 5.55. The Balaban J connectivity index is 2.00. The maximum atomic E-state index is 11.9. The van der Waals surface area contributed by atoms with E-state index in [0.717, 1.165) is 0 Å². The minimum atomic E-state index is -0.412. The van der Waals surface area contributed by atoms with Crippen LogP contribution in [0, 0.1) is 0 Å². The van der Waals surface area contributed by atoms with E-state index in [9.17, 15) is 9.90 Å². The molecule has 8 heteroatoms. The van der Waals surface area contributed by atoms with Gasteiger partial charge in [-0.1, -0.05) is 23.2 Å². The van der Waals surface area contributed by atoms with Crippen LogP contribution in [0.4, 0.5) is 11.4 Å². The first-order chi connectivity index (χ1) is 11.0. The number of phenolic OH excluding ortho intramolecular Hbond substituents is 1. The van der Waals surface area contributed by atoms with Crippen LogP contribution in [0.3, 0.4) is 0 Å². The Morgan fingerprint density at radius 2 is 1.57 bits per heavy atom. The highest BCUT2D eigenvalue weighted by Gasteiger charge is 2.11. The Kier molecular flexibility index (Phi) is 4.18. The van der Waals surface area contributed by atoms with Gasteiger partial charge >= 0.3 is 0 Å². The van der Waals surface area contributed by atoms with Crippen molar-refractivity contribution in [1.29, 1.82) is 0 Å². The first-order valence-corrected chi connectivity index (χ1v) is 7.26. The molecule has 3 N–H and O–H groups in total. The van der Waals surface area contributed by atoms with Crippen molar-refractivity contribution in [3.05, 3.63) is 62.9 Å². The first kappa shape index (κ1) is 15.3. The molecule has 23 heavy (non-hydrogen) atoms. The van der Waals surface area contributed by atoms with E-state index in [2.05, 4.69) is 20.4 Å². The van der Waals surface area contributed by atoms with Crippen molar-refractivity contribution in [2.45, 2.75) is 0 Å². The number of nitrogens with zero attached hydrogens (tertiary/aromatic N) is 2. The van der Waals surface area contributed by atoms with Gasteiger partial charge in [-0.3, -0.25) is 15.0 Å². The summed E-state index contributed by atoms with van der Waals surface area (Å²) in [7, 11) is 0. The molecule has 0 saturated carbocycles. The maximum absolute atomic E-state index is 11.9. The predicted octanol–water partition coefficient (Wildman–Crippen LogP) is 4.80. The van der Waals surface area contributed by atoms with Gasteiger partial charge in [0, 0.05) is 15.6 Å². The number of hydrogen-bond donors (Lipinski definition) is 3. The summed E-state index contributed by atoms with van der Waals surface area (Å²) in [6, 6.07) is 11.1. The summed E-state index contributed by atoms with van der Waals surface area (Å²) in [6.45, 7) is 0. The molecule has 6 nitrogen and oxygen atoms in total. The second kappa shape index (κ2) is 6.28. The van der Waals surface area contributed by atoms with E-state index in [1.807, 2.05) is 0 Å². The molecular formula is C15H10Cl2N4O2. The molecule has 0 atom stereocenters. The highest BCUT2D eigenvalue weighted by Crippen LogP contribution is 2.29. The van der Waals surface area contributed by atoms with E-state index in [1.165, 1.54) is 12.1 Å². The zero-order valence-corrected chi connectivity index (χ0v) is 13.1. The van der Waals surface area contributed by atoms with Gasteiger partial charge in [-0.2, -0.15) is 5.11 Å². The number of aromatic hydroxyl groups is 1. The lowest BCUT2D eigenvalue weighted by Gasteiger charge is -1.99. The quantitative estimate of drug-likeness (QED) is 0.593. The van der Waals surface area contributed by atoms with E-state index >= 15 is 0 Å². The van der Waals surface area contributed by atoms with E-state index < -0.39 is 5.56 Å². The molecule has 0 amide bonds. The van der Waals surface area contributed by atoms with E-state index in [4.69, 9.17) is 23.2 Å². The third-order valence-electron chi connectivity index (χ3n) is 3.02. The van der Waals surface area contributed by atoms with Crippen LogP contribution in [-0.2, 0) is 0 Å². The summed E-state index contributed by atoms with van der Waals surface area (Å²) in [5.74, 6) is 0.128. The van der Waals surface area contributed by atoms with Crippen LogP contribution in [0.1, 0.15) is 0 Å². The SMILES string of the molecule is O=c1[nH][nH]c(-c2ccc(O)cc2)c1N=Nc1cc(Cl)cc(Cl)c1. The number of phenols is 1. The molecule has 0 aliphatic carbocycles. The Labute approximate surface area is 140 Å².